The highest BCUT2D eigenvalue weighted by molar-refractivity contribution is 6.05. The second-order valence-electron chi connectivity index (χ2n) is 16.5. The van der Waals surface area contributed by atoms with Crippen molar-refractivity contribution in [3.63, 3.8) is 0 Å². The van der Waals surface area contributed by atoms with Gasteiger partial charge in [-0.2, -0.15) is 0 Å². The van der Waals surface area contributed by atoms with E-state index in [-0.39, 0.29) is 35.9 Å². The fourth-order valence-electron chi connectivity index (χ4n) is 9.83. The van der Waals surface area contributed by atoms with Gasteiger partial charge >= 0.3 is 0 Å². The molecular weight excluding hydrogens is 670 g/mol. The predicted octanol–water partition coefficient (Wildman–Crippen LogP) is 6.07. The van der Waals surface area contributed by atoms with Gasteiger partial charge in [0.25, 0.3) is 5.91 Å². The number of piperazine rings is 1. The Morgan fingerprint density at radius 3 is 2.36 bits per heavy atom. The van der Waals surface area contributed by atoms with Crippen LogP contribution in [0.25, 0.3) is 0 Å². The maximum Gasteiger partial charge on any atom is 0.255 e. The van der Waals surface area contributed by atoms with Crippen LogP contribution in [0, 0.1) is 23.6 Å². The molecule has 8 rings (SSSR count). The van der Waals surface area contributed by atoms with Crippen molar-refractivity contribution in [1.82, 2.24) is 15.1 Å². The number of phenols is 1. The molecule has 0 bridgehead atoms. The molecule has 0 spiro atoms. The molecule has 4 aliphatic heterocycles. The number of amides is 3. The van der Waals surface area contributed by atoms with Gasteiger partial charge in [0.2, 0.25) is 11.8 Å². The molecule has 5 aliphatic rings. The number of aryl methyl sites for hydroxylation is 1. The number of imide groups is 1. The summed E-state index contributed by atoms with van der Waals surface area (Å²) in [6.07, 6.45) is 5.80. The smallest absolute Gasteiger partial charge is 0.255 e. The molecule has 3 amide bonds. The van der Waals surface area contributed by atoms with Gasteiger partial charge in [-0.25, -0.2) is 4.39 Å². The molecule has 280 valence electrons. The van der Waals surface area contributed by atoms with E-state index in [2.05, 4.69) is 52.1 Å². The van der Waals surface area contributed by atoms with Crippen LogP contribution in [0.4, 0.5) is 15.8 Å². The predicted molar refractivity (Wildman–Crippen MR) is 204 cm³/mol. The van der Waals surface area contributed by atoms with Crippen LogP contribution >= 0.6 is 0 Å². The van der Waals surface area contributed by atoms with Crippen molar-refractivity contribution in [2.45, 2.75) is 77.3 Å². The average molecular weight is 722 g/mol. The lowest BCUT2D eigenvalue weighted by Gasteiger charge is -2.40. The molecular formula is C43H52FN5O4. The summed E-state index contributed by atoms with van der Waals surface area (Å²) in [4.78, 5) is 46.0. The normalized spacial score (nSPS) is 24.1. The van der Waals surface area contributed by atoms with Crippen LogP contribution in [0.5, 0.6) is 5.75 Å². The summed E-state index contributed by atoms with van der Waals surface area (Å²) in [6.45, 7) is 11.4. The largest absolute Gasteiger partial charge is 0.508 e. The number of anilines is 2. The number of carbonyl (C=O) groups is 3. The van der Waals surface area contributed by atoms with Crippen molar-refractivity contribution in [3.8, 4) is 5.75 Å². The van der Waals surface area contributed by atoms with Crippen molar-refractivity contribution >= 4 is 29.1 Å². The van der Waals surface area contributed by atoms with Gasteiger partial charge in [-0.3, -0.25) is 24.6 Å². The zero-order valence-corrected chi connectivity index (χ0v) is 31.0. The van der Waals surface area contributed by atoms with Gasteiger partial charge in [0.15, 0.2) is 0 Å². The number of hydrogen-bond acceptors (Lipinski definition) is 7. The Balaban J connectivity index is 0.841. The molecule has 53 heavy (non-hydrogen) atoms. The number of piperidine rings is 2. The van der Waals surface area contributed by atoms with Gasteiger partial charge in [0, 0.05) is 75.9 Å². The maximum atomic E-state index is 16.0. The average Bonchev–Trinajstić information content (AvgIpc) is 3.47. The van der Waals surface area contributed by atoms with Crippen LogP contribution in [0.1, 0.15) is 90.9 Å². The maximum absolute atomic E-state index is 16.0. The number of nitrogens with one attached hydrogen (secondary N) is 1. The Kier molecular flexibility index (Phi) is 9.91. The summed E-state index contributed by atoms with van der Waals surface area (Å²) >= 11 is 0. The van der Waals surface area contributed by atoms with Crippen LogP contribution in [-0.4, -0.2) is 84.5 Å². The highest BCUT2D eigenvalue weighted by atomic mass is 19.1. The van der Waals surface area contributed by atoms with E-state index in [1.54, 1.807) is 17.0 Å². The minimum atomic E-state index is -0.601. The molecule has 3 fully saturated rings. The number of benzene rings is 3. The molecule has 10 heteroatoms. The molecule has 0 radical (unpaired) electrons. The van der Waals surface area contributed by atoms with Crippen molar-refractivity contribution in [2.24, 2.45) is 17.8 Å². The molecule has 3 aromatic rings. The van der Waals surface area contributed by atoms with E-state index in [9.17, 15) is 19.5 Å². The minimum absolute atomic E-state index is 0.133. The van der Waals surface area contributed by atoms with Gasteiger partial charge in [0.05, 0.1) is 5.69 Å². The Morgan fingerprint density at radius 2 is 1.62 bits per heavy atom. The molecule has 1 aliphatic carbocycles. The van der Waals surface area contributed by atoms with Crippen molar-refractivity contribution < 1.29 is 23.9 Å². The summed E-state index contributed by atoms with van der Waals surface area (Å²) in [5.74, 6) is 1.10. The van der Waals surface area contributed by atoms with E-state index in [1.165, 1.54) is 11.1 Å². The minimum Gasteiger partial charge on any atom is -0.508 e. The number of aromatic hydroxyl groups is 1. The Morgan fingerprint density at radius 1 is 0.830 bits per heavy atom. The van der Waals surface area contributed by atoms with E-state index >= 15 is 4.39 Å². The van der Waals surface area contributed by atoms with Crippen LogP contribution in [0.2, 0.25) is 0 Å². The van der Waals surface area contributed by atoms with E-state index in [1.807, 2.05) is 24.3 Å². The molecule has 3 saturated heterocycles. The molecule has 0 aromatic heterocycles. The zero-order valence-electron chi connectivity index (χ0n) is 31.0. The lowest BCUT2D eigenvalue weighted by atomic mass is 9.69. The van der Waals surface area contributed by atoms with Crippen molar-refractivity contribution in [3.05, 3.63) is 88.2 Å². The fraction of sp³-hybridized carbons (Fsp3) is 0.512. The standard InChI is InChI=1S/C43H52FN5O4/c1-27(2)21-30-4-3-29-23-34(50)7-9-35(29)41(30)31-5-10-38(37(44)24-31)48-15-13-28(14-16-48)25-46-17-19-47(20-18-46)33-6-8-36-32(22-33)26-49(43(36)53)39-11-12-40(51)45-42(39)52/h5-10,22-24,27-28,30,39,41,50H,3-4,11-21,25-26H2,1-2H3,(H,45,51,52)/t30-,39?,41-/m0/s1. The summed E-state index contributed by atoms with van der Waals surface area (Å²) in [5, 5.41) is 12.5. The molecule has 0 saturated carbocycles. The summed E-state index contributed by atoms with van der Waals surface area (Å²) < 4.78 is 16.0. The Hall–Kier alpha value is -4.44. The SMILES string of the molecule is CC(C)C[C@@H]1CCc2cc(O)ccc2[C@@H]1c1ccc(N2CCC(CN3CCN(c4ccc5c(c4)CN(C4CCC(=O)NC4=O)C5=O)CC3)CC2)c(F)c1. The molecule has 1 unspecified atom stereocenters. The van der Waals surface area contributed by atoms with E-state index < -0.39 is 6.04 Å². The first-order valence-corrected chi connectivity index (χ1v) is 19.7. The Labute approximate surface area is 312 Å². The summed E-state index contributed by atoms with van der Waals surface area (Å²) in [5.41, 5.74) is 6.85. The first kappa shape index (κ1) is 35.6. The second kappa shape index (κ2) is 14.8. The van der Waals surface area contributed by atoms with Gasteiger partial charge in [-0.15, -0.1) is 0 Å². The number of halogens is 1. The zero-order chi connectivity index (χ0) is 36.8. The number of nitrogens with zero attached hydrogens (tertiary/aromatic N) is 4. The highest BCUT2D eigenvalue weighted by Crippen LogP contribution is 2.45. The third-order valence-electron chi connectivity index (χ3n) is 12.5. The fourth-order valence-corrected chi connectivity index (χ4v) is 9.83. The van der Waals surface area contributed by atoms with Gasteiger partial charge in [0.1, 0.15) is 17.6 Å². The first-order chi connectivity index (χ1) is 25.6. The summed E-state index contributed by atoms with van der Waals surface area (Å²) in [6, 6.07) is 17.1. The number of rotatable bonds is 8. The van der Waals surface area contributed by atoms with E-state index in [0.717, 1.165) is 94.7 Å². The lowest BCUT2D eigenvalue weighted by Crippen LogP contribution is -2.52. The van der Waals surface area contributed by atoms with Crippen molar-refractivity contribution in [2.75, 3.05) is 55.6 Å². The van der Waals surface area contributed by atoms with Crippen molar-refractivity contribution in [1.29, 1.82) is 0 Å². The highest BCUT2D eigenvalue weighted by Gasteiger charge is 2.39. The molecule has 4 heterocycles. The van der Waals surface area contributed by atoms with Gasteiger partial charge in [-0.05, 0) is 121 Å². The summed E-state index contributed by atoms with van der Waals surface area (Å²) in [7, 11) is 0. The number of hydrogen-bond donors (Lipinski definition) is 2. The van der Waals surface area contributed by atoms with E-state index in [4.69, 9.17) is 0 Å². The molecule has 3 atom stereocenters. The van der Waals surface area contributed by atoms with Gasteiger partial charge < -0.3 is 19.8 Å². The monoisotopic (exact) mass is 721 g/mol. The molecule has 2 N–H and O–H groups in total. The van der Waals surface area contributed by atoms with Crippen LogP contribution in [0.15, 0.2) is 54.6 Å². The molecule has 9 nitrogen and oxygen atoms in total. The topological polar surface area (TPSA) is 96.4 Å². The number of fused-ring (bicyclic) bond motifs is 2. The third-order valence-corrected chi connectivity index (χ3v) is 12.5. The quantitative estimate of drug-likeness (QED) is 0.273. The number of phenolic OH excluding ortho intramolecular Hbond substituents is 1. The van der Waals surface area contributed by atoms with Crippen LogP contribution < -0.4 is 15.1 Å². The van der Waals surface area contributed by atoms with Crippen LogP contribution in [-0.2, 0) is 22.6 Å². The van der Waals surface area contributed by atoms with E-state index in [0.29, 0.717) is 47.7 Å². The Bertz CT molecular complexity index is 1880. The molecule has 3 aromatic carbocycles. The van der Waals surface area contributed by atoms with Gasteiger partial charge in [-0.1, -0.05) is 26.0 Å². The lowest BCUT2D eigenvalue weighted by molar-refractivity contribution is -0.136. The third kappa shape index (κ3) is 7.27. The first-order valence-electron chi connectivity index (χ1n) is 19.7. The van der Waals surface area contributed by atoms with Crippen LogP contribution in [0.3, 0.4) is 0 Å². The number of carbonyl (C=O) groups excluding carboxylic acids is 3. The second-order valence-corrected chi connectivity index (χ2v) is 16.5.